The van der Waals surface area contributed by atoms with Gasteiger partial charge in [0.15, 0.2) is 0 Å². The van der Waals surface area contributed by atoms with E-state index in [-0.39, 0.29) is 17.0 Å². The summed E-state index contributed by atoms with van der Waals surface area (Å²) >= 11 is 0. The molecular weight excluding hydrogens is 422 g/mol. The van der Waals surface area contributed by atoms with Gasteiger partial charge in [0.05, 0.1) is 22.8 Å². The molecule has 4 rings (SSSR count). The number of hydrogen-bond acceptors (Lipinski definition) is 6. The van der Waals surface area contributed by atoms with Crippen LogP contribution in [0.25, 0.3) is 5.57 Å². The number of ether oxygens (including phenoxy) is 1. The molecule has 0 aromatic heterocycles. The maximum atomic E-state index is 13.5. The highest BCUT2D eigenvalue weighted by Gasteiger charge is 2.40. The number of carbonyl (C=O) groups is 2. The third-order valence-electron chi connectivity index (χ3n) is 5.24. The van der Waals surface area contributed by atoms with E-state index in [0.29, 0.717) is 29.3 Å². The topological polar surface area (TPSA) is 102 Å². The number of imide groups is 1. The lowest BCUT2D eigenvalue weighted by Crippen LogP contribution is -2.33. The molecule has 2 amide bonds. The first-order valence-corrected chi connectivity index (χ1v) is 10.3. The van der Waals surface area contributed by atoms with Gasteiger partial charge in [-0.15, -0.1) is 0 Å². The number of non-ortho nitro benzene ring substituents is 1. The van der Waals surface area contributed by atoms with Crippen LogP contribution < -0.4 is 15.0 Å². The average Bonchev–Trinajstić information content (AvgIpc) is 3.05. The van der Waals surface area contributed by atoms with Gasteiger partial charge in [-0.2, -0.15) is 0 Å². The van der Waals surface area contributed by atoms with E-state index in [2.05, 4.69) is 5.32 Å². The maximum Gasteiger partial charge on any atom is 0.282 e. The van der Waals surface area contributed by atoms with E-state index in [0.717, 1.165) is 10.5 Å². The van der Waals surface area contributed by atoms with Gasteiger partial charge in [-0.3, -0.25) is 19.7 Å². The fraction of sp³-hybridized carbons (Fsp3) is 0.120. The van der Waals surface area contributed by atoms with Gasteiger partial charge >= 0.3 is 0 Å². The highest BCUT2D eigenvalue weighted by molar-refractivity contribution is 6.46. The molecule has 0 bridgehead atoms. The summed E-state index contributed by atoms with van der Waals surface area (Å²) in [4.78, 5) is 38.6. The first-order chi connectivity index (χ1) is 15.9. The number of benzene rings is 3. The standard InChI is InChI=1S/C25H21N3O5/c1-3-33-20-14-10-18(11-15-20)26-23-22(17-8-12-19(13-9-17)28(31)32)24(29)27(25(23)30)21-7-5-4-6-16(21)2/h4-15,26H,3H2,1-2H3. The number of nitrogens with zero attached hydrogens (tertiary/aromatic N) is 2. The van der Waals surface area contributed by atoms with Gasteiger partial charge in [-0.25, -0.2) is 4.90 Å². The highest BCUT2D eigenvalue weighted by atomic mass is 16.6. The van der Waals surface area contributed by atoms with Crippen LogP contribution in [0.5, 0.6) is 5.75 Å². The molecule has 1 aliphatic heterocycles. The van der Waals surface area contributed by atoms with Crippen LogP contribution in [0.15, 0.2) is 78.5 Å². The van der Waals surface area contributed by atoms with Gasteiger partial charge in [0.25, 0.3) is 17.5 Å². The normalized spacial score (nSPS) is 13.5. The molecule has 0 spiro atoms. The monoisotopic (exact) mass is 443 g/mol. The molecule has 0 saturated heterocycles. The number of hydrogen-bond donors (Lipinski definition) is 1. The van der Waals surface area contributed by atoms with E-state index in [1.54, 1.807) is 36.4 Å². The molecular formula is C25H21N3O5. The number of anilines is 2. The summed E-state index contributed by atoms with van der Waals surface area (Å²) in [7, 11) is 0. The SMILES string of the molecule is CCOc1ccc(NC2=C(c3ccc([N+](=O)[O-])cc3)C(=O)N(c3ccccc3C)C2=O)cc1. The van der Waals surface area contributed by atoms with Crippen molar-refractivity contribution in [2.24, 2.45) is 0 Å². The molecule has 0 atom stereocenters. The van der Waals surface area contributed by atoms with E-state index in [9.17, 15) is 19.7 Å². The molecule has 33 heavy (non-hydrogen) atoms. The number of aryl methyl sites for hydroxylation is 1. The van der Waals surface area contributed by atoms with E-state index in [1.807, 2.05) is 26.0 Å². The Morgan fingerprint density at radius 1 is 0.939 bits per heavy atom. The van der Waals surface area contributed by atoms with Crippen LogP contribution >= 0.6 is 0 Å². The summed E-state index contributed by atoms with van der Waals surface area (Å²) in [5, 5.41) is 14.1. The van der Waals surface area contributed by atoms with E-state index in [4.69, 9.17) is 4.74 Å². The average molecular weight is 443 g/mol. The number of amides is 2. The van der Waals surface area contributed by atoms with Gasteiger partial charge in [0.2, 0.25) is 0 Å². The minimum absolute atomic E-state index is 0.0984. The summed E-state index contributed by atoms with van der Waals surface area (Å²) in [6.07, 6.45) is 0. The summed E-state index contributed by atoms with van der Waals surface area (Å²) < 4.78 is 5.45. The first kappa shape index (κ1) is 21.8. The van der Waals surface area contributed by atoms with Crippen LogP contribution in [0, 0.1) is 17.0 Å². The smallest absolute Gasteiger partial charge is 0.282 e. The third-order valence-corrected chi connectivity index (χ3v) is 5.24. The zero-order chi connectivity index (χ0) is 23.5. The van der Waals surface area contributed by atoms with Gasteiger partial charge < -0.3 is 10.1 Å². The van der Waals surface area contributed by atoms with Gasteiger partial charge in [-0.05, 0) is 67.4 Å². The van der Waals surface area contributed by atoms with Crippen LogP contribution in [0.3, 0.4) is 0 Å². The molecule has 1 aliphatic rings. The van der Waals surface area contributed by atoms with Crippen molar-refractivity contribution in [2.45, 2.75) is 13.8 Å². The fourth-order valence-corrected chi connectivity index (χ4v) is 3.64. The zero-order valence-electron chi connectivity index (χ0n) is 18.1. The Bertz CT molecular complexity index is 1260. The fourth-order valence-electron chi connectivity index (χ4n) is 3.64. The number of nitro groups is 1. The van der Waals surface area contributed by atoms with Gasteiger partial charge in [-0.1, -0.05) is 18.2 Å². The Hall–Kier alpha value is -4.46. The number of nitrogens with one attached hydrogen (secondary N) is 1. The quantitative estimate of drug-likeness (QED) is 0.323. The first-order valence-electron chi connectivity index (χ1n) is 10.3. The molecule has 0 unspecified atom stereocenters. The van der Waals surface area contributed by atoms with Crippen molar-refractivity contribution < 1.29 is 19.2 Å². The summed E-state index contributed by atoms with van der Waals surface area (Å²) in [5.41, 5.74) is 2.39. The molecule has 3 aromatic rings. The second-order valence-corrected chi connectivity index (χ2v) is 7.37. The Labute approximate surface area is 190 Å². The van der Waals surface area contributed by atoms with Gasteiger partial charge in [0.1, 0.15) is 11.4 Å². The molecule has 0 fully saturated rings. The third kappa shape index (κ3) is 4.18. The largest absolute Gasteiger partial charge is 0.494 e. The number of rotatable bonds is 7. The van der Waals surface area contributed by atoms with Crippen molar-refractivity contribution in [3.63, 3.8) is 0 Å². The van der Waals surface area contributed by atoms with E-state index < -0.39 is 16.7 Å². The Morgan fingerprint density at radius 3 is 2.21 bits per heavy atom. The molecule has 166 valence electrons. The predicted molar refractivity (Wildman–Crippen MR) is 125 cm³/mol. The summed E-state index contributed by atoms with van der Waals surface area (Å²) in [6.45, 7) is 4.23. The summed E-state index contributed by atoms with van der Waals surface area (Å²) in [6, 6.07) is 19.7. The van der Waals surface area contributed by atoms with Crippen LogP contribution in [-0.2, 0) is 9.59 Å². The molecule has 0 aliphatic carbocycles. The molecule has 0 saturated carbocycles. The summed E-state index contributed by atoms with van der Waals surface area (Å²) in [5.74, 6) is -0.323. The molecule has 1 heterocycles. The maximum absolute atomic E-state index is 13.5. The number of carbonyl (C=O) groups excluding carboxylic acids is 2. The second kappa shape index (κ2) is 8.96. The molecule has 8 nitrogen and oxygen atoms in total. The van der Waals surface area contributed by atoms with Crippen molar-refractivity contribution in [2.75, 3.05) is 16.8 Å². The Kier molecular flexibility index (Phi) is 5.91. The van der Waals surface area contributed by atoms with Crippen LogP contribution in [0.2, 0.25) is 0 Å². The van der Waals surface area contributed by atoms with Gasteiger partial charge in [0, 0.05) is 17.8 Å². The molecule has 3 aromatic carbocycles. The lowest BCUT2D eigenvalue weighted by atomic mass is 10.0. The van der Waals surface area contributed by atoms with Crippen LogP contribution in [-0.4, -0.2) is 23.3 Å². The van der Waals surface area contributed by atoms with Crippen molar-refractivity contribution in [1.29, 1.82) is 0 Å². The number of nitro benzene ring substituents is 1. The molecule has 0 radical (unpaired) electrons. The number of para-hydroxylation sites is 1. The van der Waals surface area contributed by atoms with Crippen LogP contribution in [0.1, 0.15) is 18.1 Å². The Balaban J connectivity index is 1.78. The van der Waals surface area contributed by atoms with Crippen molar-refractivity contribution >= 4 is 34.4 Å². The minimum Gasteiger partial charge on any atom is -0.494 e. The van der Waals surface area contributed by atoms with Crippen molar-refractivity contribution in [3.05, 3.63) is 99.7 Å². The lowest BCUT2D eigenvalue weighted by molar-refractivity contribution is -0.384. The van der Waals surface area contributed by atoms with E-state index >= 15 is 0 Å². The lowest BCUT2D eigenvalue weighted by Gasteiger charge is -2.17. The van der Waals surface area contributed by atoms with Crippen molar-refractivity contribution in [1.82, 2.24) is 0 Å². The Morgan fingerprint density at radius 2 is 1.61 bits per heavy atom. The van der Waals surface area contributed by atoms with E-state index in [1.165, 1.54) is 24.3 Å². The second-order valence-electron chi connectivity index (χ2n) is 7.37. The molecule has 8 heteroatoms. The predicted octanol–water partition coefficient (Wildman–Crippen LogP) is 4.70. The molecule has 1 N–H and O–H groups in total. The van der Waals surface area contributed by atoms with Crippen LogP contribution in [0.4, 0.5) is 17.1 Å². The zero-order valence-corrected chi connectivity index (χ0v) is 18.1. The van der Waals surface area contributed by atoms with Crippen molar-refractivity contribution in [3.8, 4) is 5.75 Å². The highest BCUT2D eigenvalue weighted by Crippen LogP contribution is 2.35. The minimum atomic E-state index is -0.515.